The van der Waals surface area contributed by atoms with E-state index in [2.05, 4.69) is 55.2 Å². The van der Waals surface area contributed by atoms with Crippen LogP contribution in [0.1, 0.15) is 11.1 Å². The quantitative estimate of drug-likeness (QED) is 0.520. The first-order valence-corrected chi connectivity index (χ1v) is 8.42. The summed E-state index contributed by atoms with van der Waals surface area (Å²) in [7, 11) is 0. The predicted octanol–water partition coefficient (Wildman–Crippen LogP) is 5.48. The summed E-state index contributed by atoms with van der Waals surface area (Å²) in [6.07, 6.45) is 0. The van der Waals surface area contributed by atoms with Gasteiger partial charge in [0.05, 0.1) is 5.69 Å². The van der Waals surface area contributed by atoms with Gasteiger partial charge in [0.2, 0.25) is 0 Å². The number of rotatable bonds is 2. The van der Waals surface area contributed by atoms with E-state index in [9.17, 15) is 4.79 Å². The zero-order valence-corrected chi connectivity index (χ0v) is 14.3. The van der Waals surface area contributed by atoms with E-state index in [1.165, 1.54) is 11.1 Å². The van der Waals surface area contributed by atoms with Crippen LogP contribution >= 0.6 is 0 Å². The molecule has 3 aromatic carbocycles. The highest BCUT2D eigenvalue weighted by atomic mass is 16.1. The van der Waals surface area contributed by atoms with E-state index in [-0.39, 0.29) is 5.56 Å². The zero-order valence-electron chi connectivity index (χ0n) is 14.3. The number of H-pyrrole nitrogens is 1. The van der Waals surface area contributed by atoms with Gasteiger partial charge in [0, 0.05) is 10.9 Å². The van der Waals surface area contributed by atoms with Gasteiger partial charge in [-0.3, -0.25) is 4.79 Å². The first-order valence-electron chi connectivity index (χ1n) is 8.42. The van der Waals surface area contributed by atoms with Crippen LogP contribution in [0.15, 0.2) is 77.6 Å². The number of aryl methyl sites for hydroxylation is 2. The van der Waals surface area contributed by atoms with Crippen LogP contribution < -0.4 is 5.56 Å². The monoisotopic (exact) mass is 325 g/mol. The van der Waals surface area contributed by atoms with Gasteiger partial charge in [-0.2, -0.15) is 0 Å². The Hall–Kier alpha value is -3.13. The van der Waals surface area contributed by atoms with Crippen LogP contribution in [-0.4, -0.2) is 4.98 Å². The standard InChI is InChI=1S/C23H19NO/c1-15-7-5-9-17(13-15)21-19-11-3-4-12-20(19)23(25)24-22(21)18-10-6-8-16(2)14-18/h3-14H,1-2H3,(H,24,25). The smallest absolute Gasteiger partial charge is 0.256 e. The topological polar surface area (TPSA) is 32.9 Å². The van der Waals surface area contributed by atoms with Crippen molar-refractivity contribution < 1.29 is 0 Å². The van der Waals surface area contributed by atoms with E-state index < -0.39 is 0 Å². The van der Waals surface area contributed by atoms with Crippen molar-refractivity contribution in [2.24, 2.45) is 0 Å². The summed E-state index contributed by atoms with van der Waals surface area (Å²) >= 11 is 0. The van der Waals surface area contributed by atoms with Gasteiger partial charge in [-0.25, -0.2) is 0 Å². The molecule has 0 amide bonds. The van der Waals surface area contributed by atoms with Gasteiger partial charge in [0.1, 0.15) is 0 Å². The fraction of sp³-hybridized carbons (Fsp3) is 0.0870. The maximum atomic E-state index is 12.7. The SMILES string of the molecule is Cc1cccc(-c2[nH]c(=O)c3ccccc3c2-c2cccc(C)c2)c1. The molecular formula is C23H19NO. The van der Waals surface area contributed by atoms with Crippen molar-refractivity contribution in [1.29, 1.82) is 0 Å². The summed E-state index contributed by atoms with van der Waals surface area (Å²) in [5, 5.41) is 1.70. The Kier molecular flexibility index (Phi) is 3.73. The van der Waals surface area contributed by atoms with Crippen LogP contribution in [0, 0.1) is 13.8 Å². The third-order valence-electron chi connectivity index (χ3n) is 4.54. The van der Waals surface area contributed by atoms with Gasteiger partial charge < -0.3 is 4.98 Å². The van der Waals surface area contributed by atoms with E-state index >= 15 is 0 Å². The highest BCUT2D eigenvalue weighted by molar-refractivity contribution is 6.02. The second-order valence-electron chi connectivity index (χ2n) is 6.49. The Morgan fingerprint density at radius 1 is 0.680 bits per heavy atom. The molecule has 0 fully saturated rings. The van der Waals surface area contributed by atoms with Crippen molar-refractivity contribution in [1.82, 2.24) is 4.98 Å². The number of fused-ring (bicyclic) bond motifs is 1. The van der Waals surface area contributed by atoms with Crippen LogP contribution in [0.4, 0.5) is 0 Å². The van der Waals surface area contributed by atoms with Gasteiger partial charge in [-0.1, -0.05) is 71.8 Å². The van der Waals surface area contributed by atoms with Crippen molar-refractivity contribution in [3.8, 4) is 22.4 Å². The summed E-state index contributed by atoms with van der Waals surface area (Å²) in [5.74, 6) is 0. The molecule has 0 spiro atoms. The average molecular weight is 325 g/mol. The molecule has 1 aromatic heterocycles. The Morgan fingerprint density at radius 2 is 1.28 bits per heavy atom. The lowest BCUT2D eigenvalue weighted by molar-refractivity contribution is 1.27. The molecular weight excluding hydrogens is 306 g/mol. The van der Waals surface area contributed by atoms with Crippen LogP contribution in [0.2, 0.25) is 0 Å². The normalized spacial score (nSPS) is 11.0. The summed E-state index contributed by atoms with van der Waals surface area (Å²) in [6, 6.07) is 24.5. The Balaban J connectivity index is 2.15. The minimum absolute atomic E-state index is 0.0523. The second kappa shape index (κ2) is 6.06. The first-order chi connectivity index (χ1) is 12.1. The number of hydrogen-bond acceptors (Lipinski definition) is 1. The number of pyridine rings is 1. The Labute approximate surface area is 146 Å². The number of aromatic amines is 1. The summed E-state index contributed by atoms with van der Waals surface area (Å²) in [4.78, 5) is 15.8. The number of benzene rings is 3. The maximum Gasteiger partial charge on any atom is 0.256 e. The number of hydrogen-bond donors (Lipinski definition) is 1. The predicted molar refractivity (Wildman–Crippen MR) is 105 cm³/mol. The van der Waals surface area contributed by atoms with E-state index in [0.717, 1.165) is 33.2 Å². The fourth-order valence-corrected chi connectivity index (χ4v) is 3.39. The molecule has 0 aliphatic rings. The molecule has 1 N–H and O–H groups in total. The molecule has 0 radical (unpaired) electrons. The Bertz CT molecular complexity index is 1140. The zero-order chi connectivity index (χ0) is 17.4. The number of aromatic nitrogens is 1. The second-order valence-corrected chi connectivity index (χ2v) is 6.49. The maximum absolute atomic E-state index is 12.7. The summed E-state index contributed by atoms with van der Waals surface area (Å²) < 4.78 is 0. The lowest BCUT2D eigenvalue weighted by atomic mass is 9.93. The van der Waals surface area contributed by atoms with Crippen molar-refractivity contribution in [2.75, 3.05) is 0 Å². The summed E-state index contributed by atoms with van der Waals surface area (Å²) in [5.41, 5.74) is 6.40. The van der Waals surface area contributed by atoms with Gasteiger partial charge in [0.25, 0.3) is 5.56 Å². The average Bonchev–Trinajstić information content (AvgIpc) is 2.61. The van der Waals surface area contributed by atoms with Crippen molar-refractivity contribution in [2.45, 2.75) is 13.8 Å². The minimum atomic E-state index is -0.0523. The molecule has 0 saturated carbocycles. The summed E-state index contributed by atoms with van der Waals surface area (Å²) in [6.45, 7) is 4.15. The van der Waals surface area contributed by atoms with Crippen LogP contribution in [0.5, 0.6) is 0 Å². The third-order valence-corrected chi connectivity index (χ3v) is 4.54. The van der Waals surface area contributed by atoms with Gasteiger partial charge in [-0.15, -0.1) is 0 Å². The molecule has 1 heterocycles. The van der Waals surface area contributed by atoms with Crippen LogP contribution in [-0.2, 0) is 0 Å². The molecule has 0 unspecified atom stereocenters. The number of nitrogens with one attached hydrogen (secondary N) is 1. The third kappa shape index (κ3) is 2.76. The fourth-order valence-electron chi connectivity index (χ4n) is 3.39. The molecule has 25 heavy (non-hydrogen) atoms. The van der Waals surface area contributed by atoms with Gasteiger partial charge in [0.15, 0.2) is 0 Å². The van der Waals surface area contributed by atoms with Crippen LogP contribution in [0.3, 0.4) is 0 Å². The lowest BCUT2D eigenvalue weighted by Gasteiger charge is -2.14. The van der Waals surface area contributed by atoms with Crippen LogP contribution in [0.25, 0.3) is 33.2 Å². The van der Waals surface area contributed by atoms with Crippen molar-refractivity contribution in [3.05, 3.63) is 94.3 Å². The Morgan fingerprint density at radius 3 is 1.96 bits per heavy atom. The van der Waals surface area contributed by atoms with Crippen molar-refractivity contribution in [3.63, 3.8) is 0 Å². The van der Waals surface area contributed by atoms with E-state index in [1.807, 2.05) is 36.4 Å². The molecule has 0 atom stereocenters. The minimum Gasteiger partial charge on any atom is -0.321 e. The molecule has 0 aliphatic heterocycles. The van der Waals surface area contributed by atoms with E-state index in [4.69, 9.17) is 0 Å². The molecule has 4 aromatic rings. The first kappa shape index (κ1) is 15.4. The lowest BCUT2D eigenvalue weighted by Crippen LogP contribution is -2.09. The molecule has 2 nitrogen and oxygen atoms in total. The molecule has 122 valence electrons. The van der Waals surface area contributed by atoms with Crippen molar-refractivity contribution >= 4 is 10.8 Å². The van der Waals surface area contributed by atoms with Gasteiger partial charge >= 0.3 is 0 Å². The largest absolute Gasteiger partial charge is 0.321 e. The molecule has 2 heteroatoms. The molecule has 0 saturated heterocycles. The molecule has 0 bridgehead atoms. The molecule has 0 aliphatic carbocycles. The highest BCUT2D eigenvalue weighted by Crippen LogP contribution is 2.35. The van der Waals surface area contributed by atoms with E-state index in [0.29, 0.717) is 0 Å². The molecule has 4 rings (SSSR count). The van der Waals surface area contributed by atoms with E-state index in [1.54, 1.807) is 0 Å². The van der Waals surface area contributed by atoms with Gasteiger partial charge in [-0.05, 0) is 42.5 Å². The highest BCUT2D eigenvalue weighted by Gasteiger charge is 2.14.